The van der Waals surface area contributed by atoms with Gasteiger partial charge in [0.05, 0.1) is 19.3 Å². The Morgan fingerprint density at radius 1 is 1.16 bits per heavy atom. The monoisotopic (exact) mass is 428 g/mol. The molecular formula is C23H25FN2O5. The van der Waals surface area contributed by atoms with Gasteiger partial charge in [-0.2, -0.15) is 0 Å². The number of rotatable bonds is 4. The minimum absolute atomic E-state index is 0.0868. The first-order chi connectivity index (χ1) is 15.0. The fourth-order valence-electron chi connectivity index (χ4n) is 4.53. The van der Waals surface area contributed by atoms with E-state index in [1.54, 1.807) is 17.0 Å². The number of hydrogen-bond acceptors (Lipinski definition) is 4. The van der Waals surface area contributed by atoms with Gasteiger partial charge in [-0.1, -0.05) is 36.4 Å². The Bertz CT molecular complexity index is 951. The lowest BCUT2D eigenvalue weighted by molar-refractivity contribution is -0.153. The Labute approximate surface area is 179 Å². The highest BCUT2D eigenvalue weighted by Gasteiger charge is 2.40. The summed E-state index contributed by atoms with van der Waals surface area (Å²) >= 11 is 0. The number of amides is 2. The van der Waals surface area contributed by atoms with E-state index in [1.165, 1.54) is 12.1 Å². The molecule has 1 saturated heterocycles. The highest BCUT2D eigenvalue weighted by atomic mass is 19.1. The quantitative estimate of drug-likeness (QED) is 0.694. The van der Waals surface area contributed by atoms with Crippen LogP contribution < -0.4 is 5.32 Å². The number of aliphatic hydroxyl groups excluding tert-OH is 1. The molecular weight excluding hydrogens is 403 g/mol. The molecule has 0 radical (unpaired) electrons. The van der Waals surface area contributed by atoms with E-state index in [1.807, 2.05) is 24.3 Å². The van der Waals surface area contributed by atoms with Crippen LogP contribution in [-0.4, -0.2) is 59.0 Å². The normalized spacial score (nSPS) is 25.5. The number of ether oxygens (including phenoxy) is 1. The van der Waals surface area contributed by atoms with E-state index in [-0.39, 0.29) is 37.4 Å². The van der Waals surface area contributed by atoms with Crippen LogP contribution in [0.3, 0.4) is 0 Å². The van der Waals surface area contributed by atoms with Crippen molar-refractivity contribution in [3.05, 3.63) is 71.0 Å². The number of carboxylic acid groups (broad SMARTS) is 1. The first-order valence-electron chi connectivity index (χ1n) is 10.3. The van der Waals surface area contributed by atoms with Gasteiger partial charge in [0.1, 0.15) is 11.9 Å². The van der Waals surface area contributed by atoms with Gasteiger partial charge in [-0.15, -0.1) is 0 Å². The molecule has 2 aromatic rings. The number of carbonyl (C=O) groups excluding carboxylic acids is 1. The number of aliphatic hydroxyl groups is 1. The van der Waals surface area contributed by atoms with Crippen LogP contribution in [0.15, 0.2) is 48.5 Å². The Morgan fingerprint density at radius 3 is 2.61 bits per heavy atom. The largest absolute Gasteiger partial charge is 0.465 e. The number of carbonyl (C=O) groups is 2. The van der Waals surface area contributed by atoms with Gasteiger partial charge >= 0.3 is 6.09 Å². The molecule has 2 amide bonds. The number of halogens is 1. The van der Waals surface area contributed by atoms with Crippen LogP contribution in [0.1, 0.15) is 29.2 Å². The lowest BCUT2D eigenvalue weighted by Gasteiger charge is -2.42. The molecule has 1 fully saturated rings. The fraction of sp³-hybridized carbons (Fsp3) is 0.391. The molecule has 0 aromatic heterocycles. The van der Waals surface area contributed by atoms with Crippen molar-refractivity contribution in [2.45, 2.75) is 31.0 Å². The van der Waals surface area contributed by atoms with E-state index in [9.17, 15) is 19.1 Å². The van der Waals surface area contributed by atoms with Crippen molar-refractivity contribution in [2.24, 2.45) is 5.92 Å². The molecule has 2 aromatic carbocycles. The molecule has 31 heavy (non-hydrogen) atoms. The van der Waals surface area contributed by atoms with E-state index in [2.05, 4.69) is 5.32 Å². The van der Waals surface area contributed by atoms with E-state index >= 15 is 0 Å². The summed E-state index contributed by atoms with van der Waals surface area (Å²) in [4.78, 5) is 26.4. The Morgan fingerprint density at radius 2 is 1.90 bits per heavy atom. The van der Waals surface area contributed by atoms with Crippen molar-refractivity contribution >= 4 is 12.0 Å². The summed E-state index contributed by atoms with van der Waals surface area (Å²) in [6, 6.07) is 13.0. The van der Waals surface area contributed by atoms with Gasteiger partial charge in [-0.25, -0.2) is 9.18 Å². The molecule has 8 heteroatoms. The summed E-state index contributed by atoms with van der Waals surface area (Å²) in [6.07, 6.45) is -1.20. The number of nitrogens with zero attached hydrogens (tertiary/aromatic N) is 1. The lowest BCUT2D eigenvalue weighted by Crippen LogP contribution is -2.54. The number of hydrogen-bond donors (Lipinski definition) is 3. The minimum atomic E-state index is -1.20. The summed E-state index contributed by atoms with van der Waals surface area (Å²) in [5.41, 5.74) is 2.92. The van der Waals surface area contributed by atoms with Crippen molar-refractivity contribution in [1.82, 2.24) is 10.2 Å². The zero-order valence-corrected chi connectivity index (χ0v) is 16.9. The molecule has 4 atom stereocenters. The molecule has 164 valence electrons. The van der Waals surface area contributed by atoms with E-state index in [0.29, 0.717) is 13.0 Å². The van der Waals surface area contributed by atoms with Gasteiger partial charge in [0.2, 0.25) is 0 Å². The summed E-state index contributed by atoms with van der Waals surface area (Å²) in [6.45, 7) is 0.322. The van der Waals surface area contributed by atoms with Gasteiger partial charge in [0.15, 0.2) is 0 Å². The van der Waals surface area contributed by atoms with Crippen LogP contribution in [-0.2, 0) is 16.0 Å². The van der Waals surface area contributed by atoms with Crippen LogP contribution >= 0.6 is 0 Å². The highest BCUT2D eigenvalue weighted by molar-refractivity contribution is 5.82. The molecule has 2 heterocycles. The van der Waals surface area contributed by atoms with Crippen molar-refractivity contribution in [1.29, 1.82) is 0 Å². The molecule has 0 unspecified atom stereocenters. The van der Waals surface area contributed by atoms with E-state index in [4.69, 9.17) is 9.84 Å². The Hall–Kier alpha value is -2.97. The number of benzene rings is 2. The summed E-state index contributed by atoms with van der Waals surface area (Å²) in [7, 11) is 0. The third-order valence-electron chi connectivity index (χ3n) is 6.12. The average molecular weight is 428 g/mol. The van der Waals surface area contributed by atoms with Gasteiger partial charge < -0.3 is 25.2 Å². The predicted molar refractivity (Wildman–Crippen MR) is 110 cm³/mol. The molecule has 0 bridgehead atoms. The third-order valence-corrected chi connectivity index (χ3v) is 6.12. The number of nitrogens with one attached hydrogen (secondary N) is 1. The third kappa shape index (κ3) is 4.40. The lowest BCUT2D eigenvalue weighted by atomic mass is 9.86. The molecule has 0 aliphatic carbocycles. The molecule has 2 aliphatic heterocycles. The smallest absolute Gasteiger partial charge is 0.404 e. The second-order valence-corrected chi connectivity index (χ2v) is 7.99. The molecule has 2 aliphatic rings. The zero-order valence-electron chi connectivity index (χ0n) is 16.9. The summed E-state index contributed by atoms with van der Waals surface area (Å²) < 4.78 is 19.3. The van der Waals surface area contributed by atoms with Crippen LogP contribution in [0.2, 0.25) is 0 Å². The van der Waals surface area contributed by atoms with Gasteiger partial charge in [0, 0.05) is 24.9 Å². The second kappa shape index (κ2) is 9.03. The summed E-state index contributed by atoms with van der Waals surface area (Å²) in [5, 5.41) is 21.0. The van der Waals surface area contributed by atoms with Crippen molar-refractivity contribution < 1.29 is 28.9 Å². The topological polar surface area (TPSA) is 99.1 Å². The van der Waals surface area contributed by atoms with E-state index < -0.39 is 24.2 Å². The predicted octanol–water partition coefficient (Wildman–Crippen LogP) is 2.33. The van der Waals surface area contributed by atoms with Crippen LogP contribution in [0.4, 0.5) is 9.18 Å². The number of fused-ring (bicyclic) bond motifs is 1. The molecule has 4 rings (SSSR count). The van der Waals surface area contributed by atoms with Gasteiger partial charge in [-0.3, -0.25) is 4.79 Å². The van der Waals surface area contributed by atoms with Gasteiger partial charge in [-0.05, 0) is 35.2 Å². The first-order valence-corrected chi connectivity index (χ1v) is 10.3. The van der Waals surface area contributed by atoms with E-state index in [0.717, 1.165) is 16.7 Å². The fourth-order valence-corrected chi connectivity index (χ4v) is 4.53. The Balaban J connectivity index is 1.63. The Kier molecular flexibility index (Phi) is 6.20. The molecule has 0 spiro atoms. The molecule has 0 saturated carbocycles. The van der Waals surface area contributed by atoms with Crippen LogP contribution in [0.5, 0.6) is 0 Å². The van der Waals surface area contributed by atoms with Crippen LogP contribution in [0, 0.1) is 11.7 Å². The maximum absolute atomic E-state index is 13.5. The minimum Gasteiger partial charge on any atom is -0.465 e. The maximum Gasteiger partial charge on any atom is 0.404 e. The van der Waals surface area contributed by atoms with Gasteiger partial charge in [0.25, 0.3) is 5.91 Å². The van der Waals surface area contributed by atoms with Crippen LogP contribution in [0.25, 0.3) is 0 Å². The van der Waals surface area contributed by atoms with Crippen molar-refractivity contribution in [3.63, 3.8) is 0 Å². The van der Waals surface area contributed by atoms with Crippen molar-refractivity contribution in [2.75, 3.05) is 19.8 Å². The first kappa shape index (κ1) is 21.3. The van der Waals surface area contributed by atoms with Crippen molar-refractivity contribution in [3.8, 4) is 0 Å². The average Bonchev–Trinajstić information content (AvgIpc) is 2.78. The summed E-state index contributed by atoms with van der Waals surface area (Å²) in [5.74, 6) is -0.994. The molecule has 7 nitrogen and oxygen atoms in total. The second-order valence-electron chi connectivity index (χ2n) is 7.99. The standard InChI is InChI=1S/C23H25FN2O5/c24-17-7-5-15(6-8-17)21-18-4-2-1-3-14(18)9-10-26(21)22(28)20-11-19(25-23(29)30)16(12-27)13-31-20/h1-8,16,19-21,25,27H,9-13H2,(H,29,30)/t16-,19-,20+,21-/m0/s1. The SMILES string of the molecule is O=C(O)N[C@H]1C[C@H](C(=O)N2CCc3ccccc3[C@@H]2c2ccc(F)cc2)OC[C@@H]1CO. The maximum atomic E-state index is 13.5. The highest BCUT2D eigenvalue weighted by Crippen LogP contribution is 2.36. The zero-order chi connectivity index (χ0) is 22.0. The molecule has 3 N–H and O–H groups in total.